The topological polar surface area (TPSA) is 128 Å². The van der Waals surface area contributed by atoms with Crippen LogP contribution in [0.1, 0.15) is 36.5 Å². The summed E-state index contributed by atoms with van der Waals surface area (Å²) < 4.78 is 17.2. The zero-order valence-corrected chi connectivity index (χ0v) is 20.6. The van der Waals surface area contributed by atoms with E-state index in [2.05, 4.69) is 4.99 Å². The molecule has 0 spiro atoms. The lowest BCUT2D eigenvalue weighted by Gasteiger charge is -2.18. The van der Waals surface area contributed by atoms with Gasteiger partial charge in [0.2, 0.25) is 0 Å². The Morgan fingerprint density at radius 1 is 0.973 bits per heavy atom. The highest BCUT2D eigenvalue weighted by Gasteiger charge is 2.60. The van der Waals surface area contributed by atoms with Crippen LogP contribution in [0.3, 0.4) is 0 Å². The highest BCUT2D eigenvalue weighted by molar-refractivity contribution is 6.14. The van der Waals surface area contributed by atoms with Crippen LogP contribution in [0.25, 0.3) is 0 Å². The Kier molecular flexibility index (Phi) is 7.35. The van der Waals surface area contributed by atoms with Gasteiger partial charge in [-0.05, 0) is 30.7 Å². The lowest BCUT2D eigenvalue weighted by molar-refractivity contribution is -0.193. The fraction of sp³-hybridized carbons (Fsp3) is 0.519. The number of ketones is 1. The summed E-state index contributed by atoms with van der Waals surface area (Å²) in [6.07, 6.45) is 8.08. The van der Waals surface area contributed by atoms with Gasteiger partial charge in [0.1, 0.15) is 12.5 Å². The van der Waals surface area contributed by atoms with E-state index in [1.807, 2.05) is 25.1 Å². The summed E-state index contributed by atoms with van der Waals surface area (Å²) in [6.45, 7) is 3.19. The Morgan fingerprint density at radius 2 is 1.65 bits per heavy atom. The number of carbonyl (C=O) groups is 3. The number of amides is 2. The van der Waals surface area contributed by atoms with E-state index in [0.29, 0.717) is 29.4 Å². The Bertz CT molecular complexity index is 1160. The van der Waals surface area contributed by atoms with Crippen molar-refractivity contribution in [3.05, 3.63) is 29.8 Å². The lowest BCUT2D eigenvalue weighted by Crippen LogP contribution is -2.34. The molecule has 1 aromatic rings. The largest absolute Gasteiger partial charge is 0.490 e. The third-order valence-electron chi connectivity index (χ3n) is 7.23. The van der Waals surface area contributed by atoms with Gasteiger partial charge in [0.05, 0.1) is 50.0 Å². The number of rotatable bonds is 12. The molecule has 1 saturated carbocycles. The van der Waals surface area contributed by atoms with Gasteiger partial charge in [0.15, 0.2) is 17.3 Å². The van der Waals surface area contributed by atoms with E-state index < -0.39 is 5.92 Å². The molecule has 0 radical (unpaired) electrons. The summed E-state index contributed by atoms with van der Waals surface area (Å²) in [6, 6.07) is 5.15. The van der Waals surface area contributed by atoms with Crippen LogP contribution in [0.5, 0.6) is 11.5 Å². The van der Waals surface area contributed by atoms with Gasteiger partial charge >= 0.3 is 0 Å². The number of Topliss-reactive ketones (excluding diaryl/α,β-unsaturated/α-hetero) is 1. The van der Waals surface area contributed by atoms with Gasteiger partial charge in [-0.3, -0.25) is 24.2 Å². The molecule has 0 N–H and O–H groups in total. The Hall–Kier alpha value is -3.55. The monoisotopic (exact) mass is 507 g/mol. The summed E-state index contributed by atoms with van der Waals surface area (Å²) in [5, 5.41) is 10.1. The highest BCUT2D eigenvalue weighted by Crippen LogP contribution is 2.52. The minimum atomic E-state index is -0.907. The first kappa shape index (κ1) is 25.1. The molecule has 2 heterocycles. The number of ether oxygens (including phenoxy) is 3. The smallest absolute Gasteiger partial charge is 0.258 e. The summed E-state index contributed by atoms with van der Waals surface area (Å²) in [5.74, 6) is -1.16. The van der Waals surface area contributed by atoms with Gasteiger partial charge in [-0.1, -0.05) is 25.5 Å². The first-order valence-electron chi connectivity index (χ1n) is 12.7. The van der Waals surface area contributed by atoms with Crippen molar-refractivity contribution in [2.24, 2.45) is 34.6 Å². The molecule has 1 aromatic carbocycles. The van der Waals surface area contributed by atoms with Crippen LogP contribution < -0.4 is 9.47 Å². The summed E-state index contributed by atoms with van der Waals surface area (Å²) >= 11 is 0. The minimum Gasteiger partial charge on any atom is -0.490 e. The summed E-state index contributed by atoms with van der Waals surface area (Å²) in [7, 11) is 0. The number of nitrogens with zero attached hydrogens (tertiary/aromatic N) is 3. The van der Waals surface area contributed by atoms with Crippen LogP contribution in [0, 0.1) is 40.9 Å². The third-order valence-corrected chi connectivity index (χ3v) is 7.23. The maximum absolute atomic E-state index is 12.6. The van der Waals surface area contributed by atoms with Gasteiger partial charge in [-0.15, -0.1) is 0 Å². The van der Waals surface area contributed by atoms with Crippen molar-refractivity contribution in [3.63, 3.8) is 0 Å². The second kappa shape index (κ2) is 10.8. The molecular formula is C27H29N3O7. The minimum absolute atomic E-state index is 0.0702. The number of nitriles is 1. The molecule has 4 aliphatic rings. The number of hydrogen-bond donors (Lipinski definition) is 0. The zero-order valence-electron chi connectivity index (χ0n) is 20.6. The second-order valence-corrected chi connectivity index (χ2v) is 9.53. The maximum atomic E-state index is 12.6. The molecule has 2 fully saturated rings. The fourth-order valence-corrected chi connectivity index (χ4v) is 5.39. The van der Waals surface area contributed by atoms with Gasteiger partial charge < -0.3 is 14.2 Å². The van der Waals surface area contributed by atoms with Crippen molar-refractivity contribution < 1.29 is 33.4 Å². The molecule has 5 unspecified atom stereocenters. The van der Waals surface area contributed by atoms with Crippen LogP contribution in [-0.2, 0) is 19.2 Å². The van der Waals surface area contributed by atoms with Gasteiger partial charge in [-0.25, -0.2) is 0 Å². The molecule has 0 aromatic heterocycles. The quantitative estimate of drug-likeness (QED) is 0.240. The number of imide groups is 1. The highest BCUT2D eigenvalue weighted by atomic mass is 16.7. The predicted molar refractivity (Wildman–Crippen MR) is 130 cm³/mol. The second-order valence-electron chi connectivity index (χ2n) is 9.53. The number of allylic oxidation sites excluding steroid dienone is 2. The van der Waals surface area contributed by atoms with E-state index in [9.17, 15) is 14.4 Å². The Labute approximate surface area is 214 Å². The van der Waals surface area contributed by atoms with Gasteiger partial charge in [0, 0.05) is 17.8 Å². The normalized spacial score (nSPS) is 27.0. The third kappa shape index (κ3) is 4.77. The molecular weight excluding hydrogens is 478 g/mol. The van der Waals surface area contributed by atoms with E-state index in [1.54, 1.807) is 12.1 Å². The Balaban J connectivity index is 1.10. The molecule has 2 bridgehead atoms. The molecule has 5 atom stereocenters. The summed E-state index contributed by atoms with van der Waals surface area (Å²) in [4.78, 5) is 47.5. The van der Waals surface area contributed by atoms with Gasteiger partial charge in [-0.2, -0.15) is 10.3 Å². The number of unbranched alkanes of at least 4 members (excludes halogenated alkanes) is 1. The number of fused-ring (bicyclic) bond motifs is 6. The van der Waals surface area contributed by atoms with Crippen molar-refractivity contribution in [3.8, 4) is 17.6 Å². The van der Waals surface area contributed by atoms with Crippen molar-refractivity contribution in [2.75, 3.05) is 33.0 Å². The number of hydroxylamine groups is 2. The number of hydrogen-bond acceptors (Lipinski definition) is 9. The molecule has 1 saturated heterocycles. The van der Waals surface area contributed by atoms with Crippen LogP contribution >= 0.6 is 0 Å². The SMILES string of the molecule is CCCCOc1cc2c(cc1OCCOCCON1C(=O)C3C4C=CC(C4)C3C1=O)N=CC(C#N)C2=O. The lowest BCUT2D eigenvalue weighted by atomic mass is 9.85. The molecule has 2 aliphatic heterocycles. The standard InChI is InChI=1S/C27H29N3O7/c1-2-3-6-35-21-12-19-20(29-15-18(14-28)25(19)31)13-22(21)36-9-7-34-8-10-37-30-26(32)23-16-4-5-17(11-16)24(23)27(30)33/h4-5,12-13,15-18,23-24H,2-3,6-11H2,1H3. The van der Waals surface area contributed by atoms with Crippen LogP contribution in [-0.4, -0.2) is 61.9 Å². The van der Waals surface area contributed by atoms with E-state index in [0.717, 1.165) is 24.3 Å². The van der Waals surface area contributed by atoms with Gasteiger partial charge in [0.25, 0.3) is 11.8 Å². The number of carbonyl (C=O) groups excluding carboxylic acids is 3. The average Bonchev–Trinajstić information content (AvgIpc) is 3.58. The molecule has 194 valence electrons. The number of benzene rings is 1. The molecule has 10 nitrogen and oxygen atoms in total. The average molecular weight is 508 g/mol. The van der Waals surface area contributed by atoms with E-state index in [4.69, 9.17) is 24.3 Å². The van der Waals surface area contributed by atoms with Crippen molar-refractivity contribution in [1.82, 2.24) is 5.06 Å². The first-order valence-corrected chi connectivity index (χ1v) is 12.7. The molecule has 5 rings (SSSR count). The zero-order chi connectivity index (χ0) is 25.9. The Morgan fingerprint density at radius 3 is 2.35 bits per heavy atom. The van der Waals surface area contributed by atoms with E-state index >= 15 is 0 Å². The number of aliphatic imine (C=N–C) groups is 1. The summed E-state index contributed by atoms with van der Waals surface area (Å²) in [5.41, 5.74) is 0.761. The predicted octanol–water partition coefficient (Wildman–Crippen LogP) is 3.04. The molecule has 2 amide bonds. The van der Waals surface area contributed by atoms with E-state index in [-0.39, 0.29) is 67.7 Å². The van der Waals surface area contributed by atoms with Crippen molar-refractivity contribution in [1.29, 1.82) is 5.26 Å². The first-order chi connectivity index (χ1) is 18.0. The molecule has 10 heteroatoms. The maximum Gasteiger partial charge on any atom is 0.258 e. The van der Waals surface area contributed by atoms with Crippen LogP contribution in [0.15, 0.2) is 29.3 Å². The van der Waals surface area contributed by atoms with Crippen LogP contribution in [0.2, 0.25) is 0 Å². The van der Waals surface area contributed by atoms with Crippen molar-refractivity contribution >= 4 is 29.5 Å². The van der Waals surface area contributed by atoms with Crippen LogP contribution in [0.4, 0.5) is 5.69 Å². The molecule has 37 heavy (non-hydrogen) atoms. The molecule has 2 aliphatic carbocycles. The fourth-order valence-electron chi connectivity index (χ4n) is 5.39. The van der Waals surface area contributed by atoms with Crippen molar-refractivity contribution in [2.45, 2.75) is 26.2 Å². The van der Waals surface area contributed by atoms with E-state index in [1.165, 1.54) is 6.21 Å².